The number of hydrazone groups is 1. The Morgan fingerprint density at radius 1 is 1.21 bits per heavy atom. The molecule has 0 atom stereocenters. The van der Waals surface area contributed by atoms with Gasteiger partial charge >= 0.3 is 0 Å². The third-order valence-electron chi connectivity index (χ3n) is 3.28. The second-order valence-electron chi connectivity index (χ2n) is 5.06. The average Bonchev–Trinajstić information content (AvgIpc) is 2.59. The number of nitro groups is 1. The number of hydrogen-bond donors (Lipinski definition) is 1. The van der Waals surface area contributed by atoms with E-state index in [0.29, 0.717) is 17.7 Å². The van der Waals surface area contributed by atoms with Crippen molar-refractivity contribution in [2.24, 2.45) is 5.10 Å². The van der Waals surface area contributed by atoms with Crippen molar-refractivity contribution >= 4 is 17.3 Å². The topological polar surface area (TPSA) is 84.6 Å². The summed E-state index contributed by atoms with van der Waals surface area (Å²) in [7, 11) is 0. The molecule has 2 rings (SSSR count). The fourth-order valence-electron chi connectivity index (χ4n) is 2.08. The molecule has 0 aliphatic rings. The number of non-ortho nitro benzene ring substituents is 1. The summed E-state index contributed by atoms with van der Waals surface area (Å²) < 4.78 is 12.9. The van der Waals surface area contributed by atoms with E-state index in [4.69, 9.17) is 0 Å². The van der Waals surface area contributed by atoms with E-state index < -0.39 is 16.6 Å². The normalized spacial score (nSPS) is 11.2. The highest BCUT2D eigenvalue weighted by atomic mass is 19.1. The minimum absolute atomic E-state index is 0.0406. The Kier molecular flexibility index (Phi) is 5.73. The summed E-state index contributed by atoms with van der Waals surface area (Å²) in [6.45, 7) is 1.94. The molecular formula is C17H16FN3O3. The van der Waals surface area contributed by atoms with Gasteiger partial charge in [0.05, 0.1) is 10.6 Å². The van der Waals surface area contributed by atoms with Crippen LogP contribution in [0, 0.1) is 15.9 Å². The van der Waals surface area contributed by atoms with Gasteiger partial charge in [0.2, 0.25) is 0 Å². The Labute approximate surface area is 138 Å². The van der Waals surface area contributed by atoms with Gasteiger partial charge in [0.1, 0.15) is 5.82 Å². The lowest BCUT2D eigenvalue weighted by molar-refractivity contribution is -0.384. The van der Waals surface area contributed by atoms with Crippen molar-refractivity contribution in [3.63, 3.8) is 0 Å². The standard InChI is InChI=1S/C17H16FN3O3/c1-2-4-16(13-5-3-6-15(11-13)21(23)24)19-20-17(22)12-7-9-14(18)10-8-12/h3,5-11H,2,4H2,1H3,(H,20,22)/b19-16-. The zero-order chi connectivity index (χ0) is 17.5. The number of benzene rings is 2. The van der Waals surface area contributed by atoms with Crippen LogP contribution >= 0.6 is 0 Å². The number of carbonyl (C=O) groups is 1. The molecular weight excluding hydrogens is 313 g/mol. The van der Waals surface area contributed by atoms with E-state index in [9.17, 15) is 19.3 Å². The van der Waals surface area contributed by atoms with Crippen LogP contribution in [-0.2, 0) is 0 Å². The molecule has 6 nitrogen and oxygen atoms in total. The summed E-state index contributed by atoms with van der Waals surface area (Å²) >= 11 is 0. The van der Waals surface area contributed by atoms with E-state index in [1.807, 2.05) is 6.92 Å². The summed E-state index contributed by atoms with van der Waals surface area (Å²) in [4.78, 5) is 22.4. The molecule has 7 heteroatoms. The number of rotatable bonds is 6. The van der Waals surface area contributed by atoms with Gasteiger partial charge in [-0.25, -0.2) is 9.82 Å². The second-order valence-corrected chi connectivity index (χ2v) is 5.06. The minimum atomic E-state index is -0.482. The maximum atomic E-state index is 12.9. The largest absolute Gasteiger partial charge is 0.271 e. The maximum Gasteiger partial charge on any atom is 0.271 e. The number of nitro benzene ring substituents is 1. The molecule has 0 unspecified atom stereocenters. The van der Waals surface area contributed by atoms with Crippen LogP contribution < -0.4 is 5.43 Å². The summed E-state index contributed by atoms with van der Waals surface area (Å²) in [6.07, 6.45) is 1.30. The number of nitrogens with zero attached hydrogens (tertiary/aromatic N) is 2. The van der Waals surface area contributed by atoms with Crippen LogP contribution in [0.1, 0.15) is 35.7 Å². The average molecular weight is 329 g/mol. The number of hydrogen-bond acceptors (Lipinski definition) is 4. The third kappa shape index (κ3) is 4.45. The van der Waals surface area contributed by atoms with E-state index >= 15 is 0 Å². The highest BCUT2D eigenvalue weighted by molar-refractivity contribution is 6.02. The number of carbonyl (C=O) groups excluding carboxylic acids is 1. The Morgan fingerprint density at radius 3 is 2.54 bits per heavy atom. The van der Waals surface area contributed by atoms with E-state index in [-0.39, 0.29) is 11.3 Å². The van der Waals surface area contributed by atoms with Gasteiger partial charge in [0.25, 0.3) is 11.6 Å². The Bertz CT molecular complexity index is 773. The first-order chi connectivity index (χ1) is 11.5. The molecule has 1 N–H and O–H groups in total. The third-order valence-corrected chi connectivity index (χ3v) is 3.28. The fraction of sp³-hybridized carbons (Fsp3) is 0.176. The van der Waals surface area contributed by atoms with Crippen LogP contribution in [0.3, 0.4) is 0 Å². The number of halogens is 1. The van der Waals surface area contributed by atoms with Crippen LogP contribution in [0.5, 0.6) is 0 Å². The van der Waals surface area contributed by atoms with Gasteiger partial charge in [-0.15, -0.1) is 0 Å². The second kappa shape index (κ2) is 7.96. The summed E-state index contributed by atoms with van der Waals surface area (Å²) in [6, 6.07) is 11.2. The predicted molar refractivity (Wildman–Crippen MR) is 88.4 cm³/mol. The molecule has 0 bridgehead atoms. The van der Waals surface area contributed by atoms with Crippen molar-refractivity contribution in [2.45, 2.75) is 19.8 Å². The van der Waals surface area contributed by atoms with Crippen LogP contribution in [0.15, 0.2) is 53.6 Å². The lowest BCUT2D eigenvalue weighted by atomic mass is 10.1. The van der Waals surface area contributed by atoms with Crippen molar-refractivity contribution in [1.29, 1.82) is 0 Å². The molecule has 24 heavy (non-hydrogen) atoms. The monoisotopic (exact) mass is 329 g/mol. The minimum Gasteiger partial charge on any atom is -0.267 e. The smallest absolute Gasteiger partial charge is 0.267 e. The quantitative estimate of drug-likeness (QED) is 0.498. The van der Waals surface area contributed by atoms with Gasteiger partial charge in [0.15, 0.2) is 0 Å². The molecule has 2 aromatic carbocycles. The van der Waals surface area contributed by atoms with E-state index in [0.717, 1.165) is 6.42 Å². The van der Waals surface area contributed by atoms with Crippen molar-refractivity contribution in [2.75, 3.05) is 0 Å². The first kappa shape index (κ1) is 17.3. The van der Waals surface area contributed by atoms with Crippen LogP contribution in [0.25, 0.3) is 0 Å². The zero-order valence-corrected chi connectivity index (χ0v) is 13.0. The van der Waals surface area contributed by atoms with Gasteiger partial charge < -0.3 is 0 Å². The molecule has 0 fully saturated rings. The first-order valence-electron chi connectivity index (χ1n) is 7.38. The Balaban J connectivity index is 2.21. The van der Waals surface area contributed by atoms with Crippen LogP contribution in [0.2, 0.25) is 0 Å². The SMILES string of the molecule is CCC/C(=N/NC(=O)c1ccc(F)cc1)c1cccc([N+](=O)[O-])c1. The molecule has 0 spiro atoms. The van der Waals surface area contributed by atoms with Crippen molar-refractivity contribution in [3.8, 4) is 0 Å². The first-order valence-corrected chi connectivity index (χ1v) is 7.38. The fourth-order valence-corrected chi connectivity index (χ4v) is 2.08. The van der Waals surface area contributed by atoms with Crippen LogP contribution in [-0.4, -0.2) is 16.5 Å². The van der Waals surface area contributed by atoms with Gasteiger partial charge in [-0.1, -0.05) is 25.5 Å². The molecule has 124 valence electrons. The highest BCUT2D eigenvalue weighted by Gasteiger charge is 2.11. The molecule has 2 aromatic rings. The summed E-state index contributed by atoms with van der Waals surface area (Å²) in [5.41, 5.74) is 3.75. The lowest BCUT2D eigenvalue weighted by Crippen LogP contribution is -2.20. The zero-order valence-electron chi connectivity index (χ0n) is 13.0. The molecule has 0 heterocycles. The molecule has 0 aliphatic carbocycles. The molecule has 1 amide bonds. The summed E-state index contributed by atoms with van der Waals surface area (Å²) in [5.74, 6) is -0.910. The molecule has 0 aromatic heterocycles. The van der Waals surface area contributed by atoms with Gasteiger partial charge in [-0.2, -0.15) is 5.10 Å². The van der Waals surface area contributed by atoms with E-state index in [1.165, 1.54) is 36.4 Å². The molecule has 0 saturated heterocycles. The number of nitrogens with one attached hydrogen (secondary N) is 1. The van der Waals surface area contributed by atoms with Gasteiger partial charge in [-0.3, -0.25) is 14.9 Å². The molecule has 0 saturated carbocycles. The summed E-state index contributed by atoms with van der Waals surface area (Å²) in [5, 5.41) is 15.0. The Hall–Kier alpha value is -3.09. The van der Waals surface area contributed by atoms with Crippen molar-refractivity contribution < 1.29 is 14.1 Å². The lowest BCUT2D eigenvalue weighted by Gasteiger charge is -2.07. The van der Waals surface area contributed by atoms with E-state index in [2.05, 4.69) is 10.5 Å². The molecule has 0 radical (unpaired) electrons. The van der Waals surface area contributed by atoms with Gasteiger partial charge in [0, 0.05) is 23.3 Å². The molecule has 0 aliphatic heterocycles. The Morgan fingerprint density at radius 2 is 1.92 bits per heavy atom. The maximum absolute atomic E-state index is 12.9. The van der Waals surface area contributed by atoms with Crippen molar-refractivity contribution in [3.05, 3.63) is 75.6 Å². The highest BCUT2D eigenvalue weighted by Crippen LogP contribution is 2.15. The van der Waals surface area contributed by atoms with Crippen molar-refractivity contribution in [1.82, 2.24) is 5.43 Å². The van der Waals surface area contributed by atoms with Crippen LogP contribution in [0.4, 0.5) is 10.1 Å². The number of amides is 1. The van der Waals surface area contributed by atoms with E-state index in [1.54, 1.807) is 12.1 Å². The predicted octanol–water partition coefficient (Wildman–Crippen LogP) is 3.67. The van der Waals surface area contributed by atoms with Gasteiger partial charge in [-0.05, 0) is 30.7 Å².